The van der Waals surface area contributed by atoms with Crippen molar-refractivity contribution < 1.29 is 9.90 Å². The van der Waals surface area contributed by atoms with Gasteiger partial charge < -0.3 is 5.11 Å². The lowest BCUT2D eigenvalue weighted by atomic mass is 9.48. The number of hydrogen-bond acceptors (Lipinski definition) is 2. The largest absolute Gasteiger partial charge is 0.393 e. The van der Waals surface area contributed by atoms with Crippen LogP contribution in [-0.4, -0.2) is 17.0 Å². The number of rotatable bonds is 1. The fraction of sp³-hybridized carbons (Fsp3) is 0.577. The van der Waals surface area contributed by atoms with Gasteiger partial charge >= 0.3 is 0 Å². The van der Waals surface area contributed by atoms with Crippen molar-refractivity contribution in [1.82, 2.24) is 0 Å². The number of halogens is 1. The van der Waals surface area contributed by atoms with Crippen LogP contribution >= 0.6 is 15.9 Å². The Morgan fingerprint density at radius 1 is 1.10 bits per heavy atom. The lowest BCUT2D eigenvalue weighted by Gasteiger charge is -2.56. The summed E-state index contributed by atoms with van der Waals surface area (Å²) in [5.74, 6) is 2.09. The SMILES string of the molecule is C[C@]12CC[C@H](O)CC1=CC[C@@H]1[C@@H]2CC[C@]2(C)C(=O)/C(=C/c3cccc(Br)c3)C[C@@H]12. The minimum absolute atomic E-state index is 0.160. The summed E-state index contributed by atoms with van der Waals surface area (Å²) < 4.78 is 1.05. The van der Waals surface area contributed by atoms with E-state index in [1.165, 1.54) is 5.57 Å². The molecule has 0 aromatic heterocycles. The third kappa shape index (κ3) is 3.03. The second-order valence-corrected chi connectivity index (χ2v) is 11.3. The van der Waals surface area contributed by atoms with E-state index in [0.29, 0.717) is 23.5 Å². The van der Waals surface area contributed by atoms with Crippen LogP contribution in [0.3, 0.4) is 0 Å². The average Bonchev–Trinajstić information content (AvgIpc) is 2.93. The van der Waals surface area contributed by atoms with E-state index in [1.54, 1.807) is 0 Å². The van der Waals surface area contributed by atoms with Crippen LogP contribution in [0.2, 0.25) is 0 Å². The predicted octanol–water partition coefficient (Wildman–Crippen LogP) is 6.34. The second kappa shape index (κ2) is 6.92. The van der Waals surface area contributed by atoms with Gasteiger partial charge in [0.15, 0.2) is 5.78 Å². The van der Waals surface area contributed by atoms with Crippen molar-refractivity contribution in [1.29, 1.82) is 0 Å². The summed E-state index contributed by atoms with van der Waals surface area (Å²) in [6, 6.07) is 8.24. The Kier molecular flexibility index (Phi) is 4.71. The maximum atomic E-state index is 13.5. The zero-order valence-corrected chi connectivity index (χ0v) is 19.0. The van der Waals surface area contributed by atoms with Crippen LogP contribution in [-0.2, 0) is 4.79 Å². The van der Waals surface area contributed by atoms with Crippen molar-refractivity contribution in [2.24, 2.45) is 28.6 Å². The quantitative estimate of drug-likeness (QED) is 0.397. The number of fused-ring (bicyclic) bond motifs is 5. The van der Waals surface area contributed by atoms with Crippen LogP contribution in [0.5, 0.6) is 0 Å². The third-order valence-electron chi connectivity index (χ3n) is 8.91. The molecule has 2 nitrogen and oxygen atoms in total. The molecule has 154 valence electrons. The Bertz CT molecular complexity index is 915. The zero-order chi connectivity index (χ0) is 20.4. The highest BCUT2D eigenvalue weighted by Crippen LogP contribution is 2.64. The second-order valence-electron chi connectivity index (χ2n) is 10.4. The van der Waals surface area contributed by atoms with Gasteiger partial charge in [-0.05, 0) is 97.5 Å². The van der Waals surface area contributed by atoms with Gasteiger partial charge in [0.05, 0.1) is 6.10 Å². The number of aliphatic hydroxyl groups excluding tert-OH is 1. The van der Waals surface area contributed by atoms with E-state index < -0.39 is 0 Å². The number of ketones is 1. The zero-order valence-electron chi connectivity index (χ0n) is 17.5. The van der Waals surface area contributed by atoms with E-state index in [9.17, 15) is 9.90 Å². The number of carbonyl (C=O) groups excluding carboxylic acids is 1. The molecule has 4 aliphatic rings. The first-order chi connectivity index (χ1) is 13.8. The van der Waals surface area contributed by atoms with Gasteiger partial charge in [-0.1, -0.05) is 53.6 Å². The molecule has 0 radical (unpaired) electrons. The first-order valence-electron chi connectivity index (χ1n) is 11.2. The topological polar surface area (TPSA) is 37.3 Å². The highest BCUT2D eigenvalue weighted by molar-refractivity contribution is 9.10. The molecule has 0 aliphatic heterocycles. The predicted molar refractivity (Wildman–Crippen MR) is 120 cm³/mol. The highest BCUT2D eigenvalue weighted by Gasteiger charge is 2.59. The molecule has 3 heteroatoms. The van der Waals surface area contributed by atoms with Crippen LogP contribution < -0.4 is 0 Å². The molecule has 0 saturated heterocycles. The van der Waals surface area contributed by atoms with E-state index in [1.807, 2.05) is 12.1 Å². The van der Waals surface area contributed by atoms with Crippen LogP contribution in [0.15, 0.2) is 46.0 Å². The van der Waals surface area contributed by atoms with E-state index >= 15 is 0 Å². The third-order valence-corrected chi connectivity index (χ3v) is 9.40. The Hall–Kier alpha value is -1.19. The number of allylic oxidation sites excluding steroid dienone is 2. The van der Waals surface area contributed by atoms with Gasteiger partial charge in [-0.3, -0.25) is 4.79 Å². The Labute approximate surface area is 182 Å². The first kappa shape index (κ1) is 19.8. The molecule has 1 aromatic carbocycles. The van der Waals surface area contributed by atoms with E-state index in [2.05, 4.69) is 54.1 Å². The standard InChI is InChI=1S/C26H31BrO2/c1-25-10-8-20(28)15-18(25)6-7-21-22(25)9-11-26(2)23(21)14-17(24(26)29)12-16-4-3-5-19(27)13-16/h3-6,12-13,20-23,28H,7-11,14-15H2,1-2H3/b17-12+/t20-,21+,22-,23-,25-,26-/m0/s1. The maximum absolute atomic E-state index is 13.5. The van der Waals surface area contributed by atoms with Crippen LogP contribution in [0.25, 0.3) is 6.08 Å². The molecular weight excluding hydrogens is 424 g/mol. The van der Waals surface area contributed by atoms with Crippen molar-refractivity contribution >= 4 is 27.8 Å². The molecule has 0 unspecified atom stereocenters. The molecule has 6 atom stereocenters. The summed E-state index contributed by atoms with van der Waals surface area (Å²) in [5, 5.41) is 10.2. The van der Waals surface area contributed by atoms with E-state index in [-0.39, 0.29) is 16.9 Å². The summed E-state index contributed by atoms with van der Waals surface area (Å²) in [4.78, 5) is 13.5. The minimum Gasteiger partial charge on any atom is -0.393 e. The molecule has 4 aliphatic carbocycles. The van der Waals surface area contributed by atoms with Crippen molar-refractivity contribution in [3.63, 3.8) is 0 Å². The van der Waals surface area contributed by atoms with Gasteiger partial charge in [-0.2, -0.15) is 0 Å². The number of aliphatic hydroxyl groups is 1. The smallest absolute Gasteiger partial charge is 0.165 e. The van der Waals surface area contributed by atoms with Crippen LogP contribution in [0, 0.1) is 28.6 Å². The van der Waals surface area contributed by atoms with Gasteiger partial charge in [-0.15, -0.1) is 0 Å². The number of carbonyl (C=O) groups is 1. The van der Waals surface area contributed by atoms with E-state index in [0.717, 1.165) is 60.6 Å². The van der Waals surface area contributed by atoms with Crippen molar-refractivity contribution in [2.45, 2.75) is 64.9 Å². The highest BCUT2D eigenvalue weighted by atomic mass is 79.9. The Morgan fingerprint density at radius 3 is 2.69 bits per heavy atom. The molecule has 0 spiro atoms. The van der Waals surface area contributed by atoms with Crippen molar-refractivity contribution in [2.75, 3.05) is 0 Å². The van der Waals surface area contributed by atoms with E-state index in [4.69, 9.17) is 0 Å². The van der Waals surface area contributed by atoms with Gasteiger partial charge in [-0.25, -0.2) is 0 Å². The summed E-state index contributed by atoms with van der Waals surface area (Å²) in [6.07, 6.45) is 11.5. The lowest BCUT2D eigenvalue weighted by molar-refractivity contribution is -0.130. The average molecular weight is 455 g/mol. The van der Waals surface area contributed by atoms with Crippen molar-refractivity contribution in [3.05, 3.63) is 51.5 Å². The normalized spacial score (nSPS) is 42.8. The van der Waals surface area contributed by atoms with Gasteiger partial charge in [0, 0.05) is 9.89 Å². The maximum Gasteiger partial charge on any atom is 0.165 e. The summed E-state index contributed by atoms with van der Waals surface area (Å²) >= 11 is 3.55. The number of hydrogen-bond donors (Lipinski definition) is 1. The number of benzene rings is 1. The monoisotopic (exact) mass is 454 g/mol. The molecule has 1 N–H and O–H groups in total. The Balaban J connectivity index is 1.48. The minimum atomic E-state index is -0.200. The molecule has 1 aromatic rings. The fourth-order valence-electron chi connectivity index (χ4n) is 7.24. The molecule has 29 heavy (non-hydrogen) atoms. The molecule has 3 saturated carbocycles. The Morgan fingerprint density at radius 2 is 1.90 bits per heavy atom. The molecule has 0 bridgehead atoms. The number of Topliss-reactive ketones (excluding diaryl/α,β-unsaturated/α-hetero) is 1. The molecule has 0 amide bonds. The summed E-state index contributed by atoms with van der Waals surface area (Å²) in [5.41, 5.74) is 3.66. The van der Waals surface area contributed by atoms with Crippen LogP contribution in [0.4, 0.5) is 0 Å². The molecular formula is C26H31BrO2. The van der Waals surface area contributed by atoms with Crippen LogP contribution in [0.1, 0.15) is 64.4 Å². The fourth-order valence-corrected chi connectivity index (χ4v) is 7.66. The van der Waals surface area contributed by atoms with Gasteiger partial charge in [0.1, 0.15) is 0 Å². The van der Waals surface area contributed by atoms with Crippen molar-refractivity contribution in [3.8, 4) is 0 Å². The summed E-state index contributed by atoms with van der Waals surface area (Å²) in [7, 11) is 0. The lowest BCUT2D eigenvalue weighted by Crippen LogP contribution is -2.50. The summed E-state index contributed by atoms with van der Waals surface area (Å²) in [6.45, 7) is 4.68. The molecule has 5 rings (SSSR count). The molecule has 0 heterocycles. The first-order valence-corrected chi connectivity index (χ1v) is 12.0. The van der Waals surface area contributed by atoms with Gasteiger partial charge in [0.25, 0.3) is 0 Å². The molecule has 3 fully saturated rings. The van der Waals surface area contributed by atoms with Gasteiger partial charge in [0.2, 0.25) is 0 Å².